The molecule has 0 aliphatic heterocycles. The molecule has 108 valence electrons. The Morgan fingerprint density at radius 3 is 2.65 bits per heavy atom. The predicted octanol–water partition coefficient (Wildman–Crippen LogP) is 2.43. The molecule has 0 atom stereocenters. The zero-order valence-corrected chi connectivity index (χ0v) is 11.2. The zero-order chi connectivity index (χ0) is 14.7. The molecule has 2 rings (SSSR count). The van der Waals surface area contributed by atoms with E-state index in [0.717, 1.165) is 23.4 Å². The fraction of sp³-hybridized carbons (Fsp3) is 0.385. The van der Waals surface area contributed by atoms with Crippen molar-refractivity contribution < 1.29 is 13.2 Å². The first-order chi connectivity index (χ1) is 9.49. The first-order valence-corrected chi connectivity index (χ1v) is 6.25. The number of benzene rings is 1. The third-order valence-electron chi connectivity index (χ3n) is 2.66. The van der Waals surface area contributed by atoms with E-state index < -0.39 is 17.5 Å². The van der Waals surface area contributed by atoms with Crippen molar-refractivity contribution in [3.05, 3.63) is 41.5 Å². The van der Waals surface area contributed by atoms with E-state index in [4.69, 9.17) is 0 Å². The number of aromatic nitrogens is 3. The molecule has 4 nitrogen and oxygen atoms in total. The second-order valence-electron chi connectivity index (χ2n) is 4.87. The largest absolute Gasteiger partial charge is 0.311 e. The summed E-state index contributed by atoms with van der Waals surface area (Å²) >= 11 is 0. The quantitative estimate of drug-likeness (QED) is 0.858. The molecule has 0 radical (unpaired) electrons. The third kappa shape index (κ3) is 3.16. The molecule has 0 saturated heterocycles. The van der Waals surface area contributed by atoms with Crippen LogP contribution in [0.4, 0.5) is 13.2 Å². The highest BCUT2D eigenvalue weighted by atomic mass is 19.2. The molecule has 1 heterocycles. The summed E-state index contributed by atoms with van der Waals surface area (Å²) in [6.07, 6.45) is 1.48. The lowest BCUT2D eigenvalue weighted by Crippen LogP contribution is -2.19. The van der Waals surface area contributed by atoms with Crippen molar-refractivity contribution >= 4 is 0 Å². The molecular weight excluding hydrogens is 269 g/mol. The Balaban J connectivity index is 2.15. The Morgan fingerprint density at radius 1 is 1.20 bits per heavy atom. The second kappa shape index (κ2) is 6.04. The van der Waals surface area contributed by atoms with E-state index in [-0.39, 0.29) is 5.69 Å². The van der Waals surface area contributed by atoms with Crippen LogP contribution in [0.3, 0.4) is 0 Å². The first kappa shape index (κ1) is 14.5. The lowest BCUT2D eigenvalue weighted by Gasteiger charge is -2.04. The summed E-state index contributed by atoms with van der Waals surface area (Å²) in [5.41, 5.74) is 0.418. The maximum Gasteiger partial charge on any atom is 0.196 e. The van der Waals surface area contributed by atoms with Crippen LogP contribution in [0.5, 0.6) is 0 Å². The van der Waals surface area contributed by atoms with Crippen LogP contribution in [0.1, 0.15) is 19.5 Å². The molecule has 0 aliphatic rings. The van der Waals surface area contributed by atoms with Gasteiger partial charge in [0.15, 0.2) is 17.5 Å². The van der Waals surface area contributed by atoms with Gasteiger partial charge in [-0.1, -0.05) is 19.1 Å². The van der Waals surface area contributed by atoms with Crippen LogP contribution in [0.25, 0.3) is 5.69 Å². The van der Waals surface area contributed by atoms with Gasteiger partial charge in [-0.3, -0.25) is 0 Å². The Morgan fingerprint density at radius 2 is 1.95 bits per heavy atom. The molecule has 1 aromatic carbocycles. The number of rotatable bonds is 5. The SMILES string of the molecule is CC(C)CNCc1cn(-c2ccc(F)c(F)c2F)nn1. The summed E-state index contributed by atoms with van der Waals surface area (Å²) in [5, 5.41) is 10.7. The lowest BCUT2D eigenvalue weighted by atomic mass is 10.2. The van der Waals surface area contributed by atoms with Crippen molar-refractivity contribution in [3.63, 3.8) is 0 Å². The van der Waals surface area contributed by atoms with Gasteiger partial charge in [-0.15, -0.1) is 5.10 Å². The fourth-order valence-electron chi connectivity index (χ4n) is 1.68. The van der Waals surface area contributed by atoms with Gasteiger partial charge < -0.3 is 5.32 Å². The van der Waals surface area contributed by atoms with Crippen molar-refractivity contribution in [3.8, 4) is 5.69 Å². The van der Waals surface area contributed by atoms with Crippen molar-refractivity contribution in [2.45, 2.75) is 20.4 Å². The highest BCUT2D eigenvalue weighted by Crippen LogP contribution is 2.18. The number of hydrogen-bond acceptors (Lipinski definition) is 3. The Bertz CT molecular complexity index is 595. The molecule has 1 aromatic heterocycles. The molecule has 0 unspecified atom stereocenters. The molecule has 0 spiro atoms. The van der Waals surface area contributed by atoms with E-state index in [1.807, 2.05) is 0 Å². The van der Waals surface area contributed by atoms with Crippen LogP contribution >= 0.6 is 0 Å². The smallest absolute Gasteiger partial charge is 0.196 e. The van der Waals surface area contributed by atoms with Crippen molar-refractivity contribution in [2.75, 3.05) is 6.54 Å². The molecule has 0 aliphatic carbocycles. The van der Waals surface area contributed by atoms with Crippen LogP contribution in [-0.4, -0.2) is 21.5 Å². The Labute approximate surface area is 114 Å². The van der Waals surface area contributed by atoms with E-state index in [1.165, 1.54) is 6.20 Å². The summed E-state index contributed by atoms with van der Waals surface area (Å²) in [6.45, 7) is 5.43. The van der Waals surface area contributed by atoms with E-state index in [1.54, 1.807) is 0 Å². The van der Waals surface area contributed by atoms with Crippen LogP contribution in [-0.2, 0) is 6.54 Å². The van der Waals surface area contributed by atoms with E-state index >= 15 is 0 Å². The van der Waals surface area contributed by atoms with Gasteiger partial charge in [0, 0.05) is 6.54 Å². The van der Waals surface area contributed by atoms with Crippen LogP contribution in [0, 0.1) is 23.4 Å². The molecular formula is C13H15F3N4. The predicted molar refractivity (Wildman–Crippen MR) is 67.8 cm³/mol. The van der Waals surface area contributed by atoms with Crippen molar-refractivity contribution in [1.82, 2.24) is 20.3 Å². The first-order valence-electron chi connectivity index (χ1n) is 6.25. The van der Waals surface area contributed by atoms with Gasteiger partial charge in [0.2, 0.25) is 0 Å². The van der Waals surface area contributed by atoms with Gasteiger partial charge in [-0.25, -0.2) is 17.9 Å². The third-order valence-corrected chi connectivity index (χ3v) is 2.66. The number of hydrogen-bond donors (Lipinski definition) is 1. The minimum Gasteiger partial charge on any atom is -0.311 e. The fourth-order valence-corrected chi connectivity index (χ4v) is 1.68. The molecule has 0 saturated carbocycles. The van der Waals surface area contributed by atoms with Crippen LogP contribution in [0.15, 0.2) is 18.3 Å². The topological polar surface area (TPSA) is 42.7 Å². The van der Waals surface area contributed by atoms with Crippen molar-refractivity contribution in [2.24, 2.45) is 5.92 Å². The van der Waals surface area contributed by atoms with Gasteiger partial charge in [0.05, 0.1) is 11.9 Å². The standard InChI is InChI=1S/C13H15F3N4/c1-8(2)5-17-6-9-7-20(19-18-9)11-4-3-10(14)12(15)13(11)16/h3-4,7-8,17H,5-6H2,1-2H3. The maximum absolute atomic E-state index is 13.6. The average molecular weight is 284 g/mol. The van der Waals surface area contributed by atoms with Crippen molar-refractivity contribution in [1.29, 1.82) is 0 Å². The molecule has 1 N–H and O–H groups in total. The van der Waals surface area contributed by atoms with E-state index in [0.29, 0.717) is 18.2 Å². The van der Waals surface area contributed by atoms with Gasteiger partial charge >= 0.3 is 0 Å². The van der Waals surface area contributed by atoms with Crippen LogP contribution in [0.2, 0.25) is 0 Å². The molecule has 20 heavy (non-hydrogen) atoms. The van der Waals surface area contributed by atoms with E-state index in [2.05, 4.69) is 29.5 Å². The molecule has 2 aromatic rings. The lowest BCUT2D eigenvalue weighted by molar-refractivity contribution is 0.442. The molecule has 7 heteroatoms. The Hall–Kier alpha value is -1.89. The highest BCUT2D eigenvalue weighted by Gasteiger charge is 2.15. The van der Waals surface area contributed by atoms with Gasteiger partial charge in [0.1, 0.15) is 5.69 Å². The number of nitrogens with one attached hydrogen (secondary N) is 1. The number of nitrogens with zero attached hydrogens (tertiary/aromatic N) is 3. The van der Waals surface area contributed by atoms with Gasteiger partial charge in [0.25, 0.3) is 0 Å². The summed E-state index contributed by atoms with van der Waals surface area (Å²) in [6, 6.07) is 1.97. The summed E-state index contributed by atoms with van der Waals surface area (Å²) in [5.74, 6) is -3.53. The van der Waals surface area contributed by atoms with Crippen LogP contribution < -0.4 is 5.32 Å². The minimum atomic E-state index is -1.52. The van der Waals surface area contributed by atoms with E-state index in [9.17, 15) is 13.2 Å². The molecule has 0 fully saturated rings. The number of halogens is 3. The summed E-state index contributed by atoms with van der Waals surface area (Å²) in [7, 11) is 0. The average Bonchev–Trinajstić information content (AvgIpc) is 2.84. The van der Waals surface area contributed by atoms with Gasteiger partial charge in [-0.05, 0) is 24.6 Å². The zero-order valence-electron chi connectivity index (χ0n) is 11.2. The van der Waals surface area contributed by atoms with Gasteiger partial charge in [-0.2, -0.15) is 0 Å². The molecule has 0 bridgehead atoms. The normalized spacial score (nSPS) is 11.3. The Kier molecular flexibility index (Phi) is 4.39. The second-order valence-corrected chi connectivity index (χ2v) is 4.87. The monoisotopic (exact) mass is 284 g/mol. The minimum absolute atomic E-state index is 0.175. The summed E-state index contributed by atoms with van der Waals surface area (Å²) < 4.78 is 40.7. The highest BCUT2D eigenvalue weighted by molar-refractivity contribution is 5.33. The maximum atomic E-state index is 13.6. The summed E-state index contributed by atoms with van der Waals surface area (Å²) in [4.78, 5) is 0. The molecule has 0 amide bonds.